The Morgan fingerprint density at radius 2 is 2.33 bits per heavy atom. The Labute approximate surface area is 108 Å². The lowest BCUT2D eigenvalue weighted by Crippen LogP contribution is -2.40. The van der Waals surface area contributed by atoms with Crippen molar-refractivity contribution < 1.29 is 4.74 Å². The van der Waals surface area contributed by atoms with Gasteiger partial charge in [0, 0.05) is 12.6 Å². The van der Waals surface area contributed by atoms with E-state index in [4.69, 9.17) is 10.00 Å². The van der Waals surface area contributed by atoms with Crippen LogP contribution < -0.4 is 4.74 Å². The van der Waals surface area contributed by atoms with Crippen LogP contribution in [0.5, 0.6) is 5.75 Å². The molecular weight excluding hydrogens is 224 g/mol. The number of fused-ring (bicyclic) bond motifs is 2. The summed E-state index contributed by atoms with van der Waals surface area (Å²) < 4.78 is 5.33. The molecule has 1 saturated carbocycles. The predicted octanol–water partition coefficient (Wildman–Crippen LogP) is 2.67. The molecule has 3 heteroatoms. The van der Waals surface area contributed by atoms with E-state index in [-0.39, 0.29) is 5.41 Å². The average Bonchev–Trinajstić information content (AvgIpc) is 2.79. The number of rotatable bonds is 2. The molecule has 2 bridgehead atoms. The number of hydrogen-bond donors (Lipinski definition) is 0. The molecule has 2 atom stereocenters. The molecule has 1 aliphatic carbocycles. The monoisotopic (exact) mass is 242 g/mol. The van der Waals surface area contributed by atoms with Crippen LogP contribution >= 0.6 is 0 Å². The van der Waals surface area contributed by atoms with Crippen molar-refractivity contribution in [1.82, 2.24) is 4.90 Å². The van der Waals surface area contributed by atoms with Crippen molar-refractivity contribution in [1.29, 1.82) is 5.26 Å². The summed E-state index contributed by atoms with van der Waals surface area (Å²) in [5.41, 5.74) is 1.67. The smallest absolute Gasteiger partial charge is 0.179 e. The van der Waals surface area contributed by atoms with Gasteiger partial charge in [-0.05, 0) is 48.8 Å². The van der Waals surface area contributed by atoms with E-state index >= 15 is 0 Å². The standard InChI is InChI=1S/C15H18N2O/c1-18-14-4-2-3-12(9-14)15-6-5-13(10-15)17(11-16)8-7-15/h2-4,9,13H,5-8,10H2,1H3. The van der Waals surface area contributed by atoms with E-state index in [1.54, 1.807) is 7.11 Å². The molecule has 94 valence electrons. The summed E-state index contributed by atoms with van der Waals surface area (Å²) in [4.78, 5) is 1.96. The van der Waals surface area contributed by atoms with Gasteiger partial charge in [-0.1, -0.05) is 12.1 Å². The van der Waals surface area contributed by atoms with Gasteiger partial charge in [-0.25, -0.2) is 0 Å². The minimum atomic E-state index is 0.284. The fourth-order valence-electron chi connectivity index (χ4n) is 3.60. The lowest BCUT2D eigenvalue weighted by Gasteiger charge is -2.37. The molecule has 1 saturated heterocycles. The molecule has 0 spiro atoms. The number of methoxy groups -OCH3 is 1. The van der Waals surface area contributed by atoms with Gasteiger partial charge >= 0.3 is 0 Å². The number of piperidine rings is 1. The molecule has 3 nitrogen and oxygen atoms in total. The highest BCUT2D eigenvalue weighted by molar-refractivity contribution is 5.36. The second-order valence-corrected chi connectivity index (χ2v) is 5.45. The van der Waals surface area contributed by atoms with Crippen LogP contribution in [-0.2, 0) is 5.41 Å². The molecule has 0 aromatic heterocycles. The van der Waals surface area contributed by atoms with Crippen LogP contribution in [0.3, 0.4) is 0 Å². The predicted molar refractivity (Wildman–Crippen MR) is 69.2 cm³/mol. The van der Waals surface area contributed by atoms with Crippen molar-refractivity contribution in [2.45, 2.75) is 37.1 Å². The minimum Gasteiger partial charge on any atom is -0.497 e. The Morgan fingerprint density at radius 3 is 3.11 bits per heavy atom. The fourth-order valence-corrected chi connectivity index (χ4v) is 3.60. The lowest BCUT2D eigenvalue weighted by atomic mass is 9.74. The maximum atomic E-state index is 9.10. The quantitative estimate of drug-likeness (QED) is 0.748. The van der Waals surface area contributed by atoms with Crippen LogP contribution in [0.4, 0.5) is 0 Å². The van der Waals surface area contributed by atoms with E-state index in [9.17, 15) is 0 Å². The number of nitriles is 1. The van der Waals surface area contributed by atoms with E-state index < -0.39 is 0 Å². The topological polar surface area (TPSA) is 36.3 Å². The first-order chi connectivity index (χ1) is 8.77. The summed E-state index contributed by atoms with van der Waals surface area (Å²) in [6.07, 6.45) is 6.88. The van der Waals surface area contributed by atoms with Gasteiger partial charge in [0.05, 0.1) is 7.11 Å². The number of hydrogen-bond acceptors (Lipinski definition) is 3. The Hall–Kier alpha value is -1.69. The molecule has 0 radical (unpaired) electrons. The van der Waals surface area contributed by atoms with E-state index in [1.165, 1.54) is 12.0 Å². The van der Waals surface area contributed by atoms with Gasteiger partial charge in [-0.3, -0.25) is 0 Å². The summed E-state index contributed by atoms with van der Waals surface area (Å²) >= 11 is 0. The van der Waals surface area contributed by atoms with Crippen LogP contribution in [0.2, 0.25) is 0 Å². The highest BCUT2D eigenvalue weighted by atomic mass is 16.5. The highest BCUT2D eigenvalue weighted by Crippen LogP contribution is 2.49. The summed E-state index contributed by atoms with van der Waals surface area (Å²) in [5, 5.41) is 9.10. The summed E-state index contributed by atoms with van der Waals surface area (Å²) in [7, 11) is 1.71. The van der Waals surface area contributed by atoms with Crippen LogP contribution in [0.15, 0.2) is 24.3 Å². The van der Waals surface area contributed by atoms with E-state index in [0.29, 0.717) is 6.04 Å². The van der Waals surface area contributed by atoms with Crippen molar-refractivity contribution in [2.75, 3.05) is 13.7 Å². The van der Waals surface area contributed by atoms with Gasteiger partial charge in [0.1, 0.15) is 5.75 Å². The first kappa shape index (κ1) is 11.4. The van der Waals surface area contributed by atoms with Crippen molar-refractivity contribution >= 4 is 0 Å². The molecule has 2 unspecified atom stereocenters. The second-order valence-electron chi connectivity index (χ2n) is 5.45. The van der Waals surface area contributed by atoms with Crippen molar-refractivity contribution in [3.05, 3.63) is 29.8 Å². The molecule has 1 aromatic carbocycles. The van der Waals surface area contributed by atoms with Gasteiger partial charge in [-0.2, -0.15) is 5.26 Å². The number of ether oxygens (including phenoxy) is 1. The Balaban J connectivity index is 1.91. The molecule has 18 heavy (non-hydrogen) atoms. The normalized spacial score (nSPS) is 30.0. The summed E-state index contributed by atoms with van der Waals surface area (Å²) in [6.45, 7) is 0.901. The van der Waals surface area contributed by atoms with Crippen molar-refractivity contribution in [3.8, 4) is 11.9 Å². The largest absolute Gasteiger partial charge is 0.497 e. The van der Waals surface area contributed by atoms with Crippen LogP contribution in [0, 0.1) is 11.5 Å². The van der Waals surface area contributed by atoms with E-state index in [2.05, 4.69) is 24.4 Å². The molecule has 1 aromatic rings. The van der Waals surface area contributed by atoms with Gasteiger partial charge < -0.3 is 9.64 Å². The zero-order valence-electron chi connectivity index (χ0n) is 10.7. The van der Waals surface area contributed by atoms with Crippen molar-refractivity contribution in [2.24, 2.45) is 0 Å². The lowest BCUT2D eigenvalue weighted by molar-refractivity contribution is 0.207. The number of nitrogens with zero attached hydrogens (tertiary/aromatic N) is 2. The average molecular weight is 242 g/mol. The minimum absolute atomic E-state index is 0.284. The third-order valence-electron chi connectivity index (χ3n) is 4.67. The van der Waals surface area contributed by atoms with Gasteiger partial charge in [-0.15, -0.1) is 0 Å². The summed E-state index contributed by atoms with van der Waals surface area (Å²) in [5.74, 6) is 0.938. The highest BCUT2D eigenvalue weighted by Gasteiger charge is 2.46. The Morgan fingerprint density at radius 1 is 1.44 bits per heavy atom. The Kier molecular flexibility index (Phi) is 2.66. The van der Waals surface area contributed by atoms with Crippen LogP contribution in [0.1, 0.15) is 31.2 Å². The Bertz CT molecular complexity index is 494. The summed E-state index contributed by atoms with van der Waals surface area (Å²) in [6, 6.07) is 8.91. The zero-order valence-corrected chi connectivity index (χ0v) is 10.7. The van der Waals surface area contributed by atoms with Crippen molar-refractivity contribution in [3.63, 3.8) is 0 Å². The van der Waals surface area contributed by atoms with Gasteiger partial charge in [0.2, 0.25) is 0 Å². The molecule has 0 N–H and O–H groups in total. The van der Waals surface area contributed by atoms with Gasteiger partial charge in [0.15, 0.2) is 6.19 Å². The molecular formula is C15H18N2O. The first-order valence-corrected chi connectivity index (χ1v) is 6.58. The molecule has 3 rings (SSSR count). The third kappa shape index (κ3) is 1.64. The third-order valence-corrected chi connectivity index (χ3v) is 4.67. The van der Waals surface area contributed by atoms with E-state index in [0.717, 1.165) is 31.6 Å². The molecule has 1 aliphatic heterocycles. The van der Waals surface area contributed by atoms with Crippen LogP contribution in [-0.4, -0.2) is 24.6 Å². The van der Waals surface area contributed by atoms with Gasteiger partial charge in [0.25, 0.3) is 0 Å². The van der Waals surface area contributed by atoms with E-state index in [1.807, 2.05) is 11.0 Å². The number of benzene rings is 1. The zero-order chi connectivity index (χ0) is 12.6. The molecule has 2 aliphatic rings. The maximum absolute atomic E-state index is 9.10. The SMILES string of the molecule is COc1cccc(C23CCC(C2)N(C#N)CC3)c1. The maximum Gasteiger partial charge on any atom is 0.179 e. The second kappa shape index (κ2) is 4.20. The molecule has 0 amide bonds. The van der Waals surface area contributed by atoms with Crippen LogP contribution in [0.25, 0.3) is 0 Å². The molecule has 1 heterocycles. The number of likely N-dealkylation sites (tertiary alicyclic amines) is 1. The first-order valence-electron chi connectivity index (χ1n) is 6.58. The fraction of sp³-hybridized carbons (Fsp3) is 0.533. The molecule has 2 fully saturated rings.